The number of ether oxygens (including phenoxy) is 1. The van der Waals surface area contributed by atoms with Crippen molar-refractivity contribution in [3.05, 3.63) is 24.3 Å². The number of nitrogens with zero attached hydrogens (tertiary/aromatic N) is 2. The van der Waals surface area contributed by atoms with Gasteiger partial charge in [0.05, 0.1) is 13.7 Å². The van der Waals surface area contributed by atoms with Gasteiger partial charge in [-0.05, 0) is 31.3 Å². The van der Waals surface area contributed by atoms with Crippen molar-refractivity contribution >= 4 is 11.6 Å². The number of nitrogens with two attached hydrogens (primary N) is 1. The molecule has 1 heterocycles. The summed E-state index contributed by atoms with van der Waals surface area (Å²) in [5.41, 5.74) is 6.58. The van der Waals surface area contributed by atoms with Crippen molar-refractivity contribution in [3.8, 4) is 5.75 Å². The summed E-state index contributed by atoms with van der Waals surface area (Å²) >= 11 is 0. The van der Waals surface area contributed by atoms with Crippen LogP contribution in [0.4, 0.5) is 5.69 Å². The van der Waals surface area contributed by atoms with E-state index in [2.05, 4.69) is 22.2 Å². The third-order valence-electron chi connectivity index (χ3n) is 3.80. The number of methoxy groups -OCH3 is 1. The first kappa shape index (κ1) is 15.8. The monoisotopic (exact) mass is 292 g/mol. The molecule has 3 N–H and O–H groups in total. The third-order valence-corrected chi connectivity index (χ3v) is 3.80. The van der Waals surface area contributed by atoms with E-state index in [-0.39, 0.29) is 11.9 Å². The number of likely N-dealkylation sites (N-methyl/N-ethyl adjacent to an activating group) is 1. The van der Waals surface area contributed by atoms with Gasteiger partial charge in [0, 0.05) is 37.9 Å². The number of carbonyl (C=O) groups excluding carboxylic acids is 1. The first-order valence-corrected chi connectivity index (χ1v) is 7.19. The van der Waals surface area contributed by atoms with E-state index in [1.807, 2.05) is 24.3 Å². The Labute approximate surface area is 125 Å². The molecule has 6 nitrogen and oxygen atoms in total. The highest BCUT2D eigenvalue weighted by Gasteiger charge is 2.25. The van der Waals surface area contributed by atoms with Gasteiger partial charge in [-0.15, -0.1) is 0 Å². The summed E-state index contributed by atoms with van der Waals surface area (Å²) < 4.78 is 5.09. The van der Waals surface area contributed by atoms with Crippen LogP contribution in [0.5, 0.6) is 5.75 Å². The molecule has 21 heavy (non-hydrogen) atoms. The van der Waals surface area contributed by atoms with Crippen molar-refractivity contribution in [2.75, 3.05) is 52.2 Å². The molecule has 0 aliphatic carbocycles. The lowest BCUT2D eigenvalue weighted by atomic mass is 10.1. The van der Waals surface area contributed by atoms with E-state index in [9.17, 15) is 4.79 Å². The molecule has 2 rings (SSSR count). The number of anilines is 1. The summed E-state index contributed by atoms with van der Waals surface area (Å²) in [6.07, 6.45) is 0. The molecule has 1 atom stereocenters. The van der Waals surface area contributed by atoms with Crippen molar-refractivity contribution < 1.29 is 9.53 Å². The van der Waals surface area contributed by atoms with Crippen LogP contribution in [0.25, 0.3) is 0 Å². The predicted octanol–water partition coefficient (Wildman–Crippen LogP) is 0.208. The van der Waals surface area contributed by atoms with Crippen LogP contribution in [0.15, 0.2) is 24.3 Å². The van der Waals surface area contributed by atoms with Crippen LogP contribution in [0, 0.1) is 0 Å². The fourth-order valence-electron chi connectivity index (χ4n) is 2.54. The number of nitrogens with one attached hydrogen (secondary N) is 1. The normalized spacial score (nSPS) is 20.2. The average Bonchev–Trinajstić information content (AvgIpc) is 2.49. The van der Waals surface area contributed by atoms with Gasteiger partial charge in [0.15, 0.2) is 0 Å². The van der Waals surface area contributed by atoms with Gasteiger partial charge in [0.1, 0.15) is 5.75 Å². The van der Waals surface area contributed by atoms with E-state index < -0.39 is 0 Å². The Kier molecular flexibility index (Phi) is 5.55. The summed E-state index contributed by atoms with van der Waals surface area (Å²) in [7, 11) is 3.70. The standard InChI is InChI=1S/C15H24N4O2/c1-18-7-8-19(13(9-16)10-18)11-15(20)17-12-3-5-14(21-2)6-4-12/h3-6,13H,7-11,16H2,1-2H3,(H,17,20). The Morgan fingerprint density at radius 2 is 2.10 bits per heavy atom. The first-order valence-electron chi connectivity index (χ1n) is 7.19. The number of hydrogen-bond donors (Lipinski definition) is 2. The van der Waals surface area contributed by atoms with E-state index in [1.54, 1.807) is 7.11 Å². The lowest BCUT2D eigenvalue weighted by Crippen LogP contribution is -2.56. The van der Waals surface area contributed by atoms with E-state index in [4.69, 9.17) is 10.5 Å². The summed E-state index contributed by atoms with van der Waals surface area (Å²) in [5, 5.41) is 2.91. The molecule has 6 heteroatoms. The van der Waals surface area contributed by atoms with Crippen LogP contribution in [-0.4, -0.2) is 68.6 Å². The van der Waals surface area contributed by atoms with Crippen LogP contribution in [0.2, 0.25) is 0 Å². The molecule has 116 valence electrons. The molecule has 1 unspecified atom stereocenters. The molecule has 0 bridgehead atoms. The minimum atomic E-state index is -0.0110. The van der Waals surface area contributed by atoms with Crippen LogP contribution in [-0.2, 0) is 4.79 Å². The lowest BCUT2D eigenvalue weighted by Gasteiger charge is -2.39. The van der Waals surface area contributed by atoms with Crippen LogP contribution < -0.4 is 15.8 Å². The number of amides is 1. The highest BCUT2D eigenvalue weighted by atomic mass is 16.5. The molecule has 1 aliphatic rings. The van der Waals surface area contributed by atoms with Gasteiger partial charge < -0.3 is 20.7 Å². The van der Waals surface area contributed by atoms with Gasteiger partial charge in [-0.25, -0.2) is 0 Å². The average molecular weight is 292 g/mol. The highest BCUT2D eigenvalue weighted by Crippen LogP contribution is 2.15. The molecule has 0 spiro atoms. The zero-order valence-electron chi connectivity index (χ0n) is 12.7. The maximum absolute atomic E-state index is 12.1. The van der Waals surface area contributed by atoms with Gasteiger partial charge in [0.2, 0.25) is 5.91 Å². The summed E-state index contributed by atoms with van der Waals surface area (Å²) in [4.78, 5) is 16.5. The Balaban J connectivity index is 1.88. The minimum absolute atomic E-state index is 0.0110. The molecule has 0 saturated carbocycles. The molecule has 1 aliphatic heterocycles. The van der Waals surface area contributed by atoms with E-state index in [1.165, 1.54) is 0 Å². The van der Waals surface area contributed by atoms with E-state index >= 15 is 0 Å². The fraction of sp³-hybridized carbons (Fsp3) is 0.533. The summed E-state index contributed by atoms with van der Waals surface area (Å²) in [6.45, 7) is 3.69. The molecular weight excluding hydrogens is 268 g/mol. The minimum Gasteiger partial charge on any atom is -0.497 e. The maximum Gasteiger partial charge on any atom is 0.238 e. The topological polar surface area (TPSA) is 70.8 Å². The first-order chi connectivity index (χ1) is 10.1. The van der Waals surface area contributed by atoms with Crippen molar-refractivity contribution in [2.24, 2.45) is 5.73 Å². The SMILES string of the molecule is COc1ccc(NC(=O)CN2CCN(C)CC2CN)cc1. The Morgan fingerprint density at radius 3 is 2.71 bits per heavy atom. The lowest BCUT2D eigenvalue weighted by molar-refractivity contribution is -0.118. The van der Waals surface area contributed by atoms with Gasteiger partial charge in [-0.3, -0.25) is 9.69 Å². The van der Waals surface area contributed by atoms with Crippen molar-refractivity contribution in [3.63, 3.8) is 0 Å². The Morgan fingerprint density at radius 1 is 1.38 bits per heavy atom. The summed E-state index contributed by atoms with van der Waals surface area (Å²) in [6, 6.07) is 7.57. The molecular formula is C15H24N4O2. The smallest absolute Gasteiger partial charge is 0.238 e. The number of benzene rings is 1. The van der Waals surface area contributed by atoms with Crippen LogP contribution in [0.1, 0.15) is 0 Å². The highest BCUT2D eigenvalue weighted by molar-refractivity contribution is 5.92. The zero-order valence-corrected chi connectivity index (χ0v) is 12.7. The van der Waals surface area contributed by atoms with Gasteiger partial charge in [-0.2, -0.15) is 0 Å². The molecule has 1 aromatic carbocycles. The largest absolute Gasteiger partial charge is 0.497 e. The van der Waals surface area contributed by atoms with Crippen LogP contribution >= 0.6 is 0 Å². The van der Waals surface area contributed by atoms with Crippen LogP contribution in [0.3, 0.4) is 0 Å². The molecule has 1 amide bonds. The summed E-state index contributed by atoms with van der Waals surface area (Å²) in [5.74, 6) is 0.762. The fourth-order valence-corrected chi connectivity index (χ4v) is 2.54. The van der Waals surface area contributed by atoms with Crippen molar-refractivity contribution in [2.45, 2.75) is 6.04 Å². The van der Waals surface area contributed by atoms with Gasteiger partial charge >= 0.3 is 0 Å². The maximum atomic E-state index is 12.1. The second-order valence-electron chi connectivity index (χ2n) is 5.40. The van der Waals surface area contributed by atoms with E-state index in [0.717, 1.165) is 31.1 Å². The second-order valence-corrected chi connectivity index (χ2v) is 5.40. The second kappa shape index (κ2) is 7.40. The molecule has 0 aromatic heterocycles. The van der Waals surface area contributed by atoms with Crippen molar-refractivity contribution in [1.82, 2.24) is 9.80 Å². The Hall–Kier alpha value is -1.63. The van der Waals surface area contributed by atoms with Gasteiger partial charge in [-0.1, -0.05) is 0 Å². The molecule has 1 fully saturated rings. The number of piperazine rings is 1. The molecule has 0 radical (unpaired) electrons. The quantitative estimate of drug-likeness (QED) is 0.812. The predicted molar refractivity (Wildman–Crippen MR) is 83.5 cm³/mol. The molecule has 1 saturated heterocycles. The van der Waals surface area contributed by atoms with E-state index in [0.29, 0.717) is 13.1 Å². The van der Waals surface area contributed by atoms with Gasteiger partial charge in [0.25, 0.3) is 0 Å². The Bertz CT molecular complexity index is 463. The molecule has 1 aromatic rings. The van der Waals surface area contributed by atoms with Crippen molar-refractivity contribution in [1.29, 1.82) is 0 Å². The number of carbonyl (C=O) groups is 1. The number of rotatable bonds is 5. The third kappa shape index (κ3) is 4.42. The zero-order chi connectivity index (χ0) is 15.2. The number of hydrogen-bond acceptors (Lipinski definition) is 5.